The summed E-state index contributed by atoms with van der Waals surface area (Å²) in [4.78, 5) is 0. The molecule has 3 rings (SSSR count). The van der Waals surface area contributed by atoms with Gasteiger partial charge in [0.25, 0.3) is 0 Å². The van der Waals surface area contributed by atoms with Crippen LogP contribution in [0.5, 0.6) is 5.75 Å². The van der Waals surface area contributed by atoms with Crippen molar-refractivity contribution in [3.05, 3.63) is 29.3 Å². The quantitative estimate of drug-likeness (QED) is 0.838. The lowest BCUT2D eigenvalue weighted by atomic mass is 9.89. The largest absolute Gasteiger partial charge is 0.494 e. The molecule has 2 atom stereocenters. The average Bonchev–Trinajstić information content (AvgIpc) is 2.98. The number of benzene rings is 1. The molecule has 20 heavy (non-hydrogen) atoms. The molecule has 2 aliphatic rings. The van der Waals surface area contributed by atoms with Crippen molar-refractivity contribution in [3.63, 3.8) is 0 Å². The van der Waals surface area contributed by atoms with Crippen LogP contribution in [0.4, 0.5) is 0 Å². The summed E-state index contributed by atoms with van der Waals surface area (Å²) < 4.78 is 11.4. The van der Waals surface area contributed by atoms with Crippen molar-refractivity contribution in [2.24, 2.45) is 0 Å². The van der Waals surface area contributed by atoms with Crippen molar-refractivity contribution in [2.75, 3.05) is 13.2 Å². The second-order valence-electron chi connectivity index (χ2n) is 5.89. The molecule has 3 nitrogen and oxygen atoms in total. The molecule has 0 saturated carbocycles. The number of hydrogen-bond acceptors (Lipinski definition) is 3. The van der Waals surface area contributed by atoms with Crippen molar-refractivity contribution in [3.8, 4) is 5.75 Å². The molecule has 1 saturated heterocycles. The van der Waals surface area contributed by atoms with Gasteiger partial charge in [0.05, 0.1) is 18.8 Å². The second-order valence-corrected chi connectivity index (χ2v) is 5.89. The van der Waals surface area contributed by atoms with E-state index in [2.05, 4.69) is 6.07 Å². The molecule has 1 aromatic carbocycles. The van der Waals surface area contributed by atoms with Gasteiger partial charge in [-0.15, -0.1) is 0 Å². The van der Waals surface area contributed by atoms with Gasteiger partial charge in [0.2, 0.25) is 0 Å². The highest BCUT2D eigenvalue weighted by atomic mass is 16.5. The minimum Gasteiger partial charge on any atom is -0.494 e. The highest BCUT2D eigenvalue weighted by Crippen LogP contribution is 2.32. The van der Waals surface area contributed by atoms with E-state index in [0.29, 0.717) is 6.10 Å². The Morgan fingerprint density at radius 3 is 3.05 bits per heavy atom. The van der Waals surface area contributed by atoms with E-state index in [4.69, 9.17) is 9.47 Å². The molecule has 0 amide bonds. The van der Waals surface area contributed by atoms with Crippen molar-refractivity contribution in [1.82, 2.24) is 0 Å². The third-order valence-corrected chi connectivity index (χ3v) is 4.36. The van der Waals surface area contributed by atoms with Crippen LogP contribution in [-0.2, 0) is 11.2 Å². The molecule has 1 fully saturated rings. The van der Waals surface area contributed by atoms with Crippen molar-refractivity contribution in [1.29, 1.82) is 0 Å². The SMILES string of the molecule is O[C@H]1CCCc2ccc(OCCCC3CCCO3)cc21. The van der Waals surface area contributed by atoms with Gasteiger partial charge in [0, 0.05) is 6.61 Å². The van der Waals surface area contributed by atoms with Crippen molar-refractivity contribution in [2.45, 2.75) is 57.2 Å². The van der Waals surface area contributed by atoms with Gasteiger partial charge < -0.3 is 14.6 Å². The molecule has 1 N–H and O–H groups in total. The van der Waals surface area contributed by atoms with Gasteiger partial charge in [-0.2, -0.15) is 0 Å². The fourth-order valence-corrected chi connectivity index (χ4v) is 3.22. The normalized spacial score (nSPS) is 25.4. The highest BCUT2D eigenvalue weighted by molar-refractivity contribution is 5.38. The van der Waals surface area contributed by atoms with E-state index in [1.54, 1.807) is 0 Å². The van der Waals surface area contributed by atoms with E-state index in [0.717, 1.165) is 56.6 Å². The van der Waals surface area contributed by atoms with E-state index in [1.165, 1.54) is 18.4 Å². The first-order chi connectivity index (χ1) is 9.83. The van der Waals surface area contributed by atoms with Crippen LogP contribution in [0.2, 0.25) is 0 Å². The van der Waals surface area contributed by atoms with Crippen LogP contribution in [0.3, 0.4) is 0 Å². The lowest BCUT2D eigenvalue weighted by Gasteiger charge is -2.22. The zero-order valence-electron chi connectivity index (χ0n) is 12.0. The highest BCUT2D eigenvalue weighted by Gasteiger charge is 2.18. The zero-order chi connectivity index (χ0) is 13.8. The summed E-state index contributed by atoms with van der Waals surface area (Å²) in [5.41, 5.74) is 2.34. The second kappa shape index (κ2) is 6.59. The summed E-state index contributed by atoms with van der Waals surface area (Å²) in [5, 5.41) is 10.0. The van der Waals surface area contributed by atoms with E-state index in [-0.39, 0.29) is 6.10 Å². The summed E-state index contributed by atoms with van der Waals surface area (Å²) in [6, 6.07) is 6.15. The van der Waals surface area contributed by atoms with Crippen LogP contribution in [0.1, 0.15) is 55.8 Å². The van der Waals surface area contributed by atoms with Gasteiger partial charge in [0.1, 0.15) is 5.75 Å². The van der Waals surface area contributed by atoms with Crippen LogP contribution in [0.15, 0.2) is 18.2 Å². The Balaban J connectivity index is 1.49. The summed E-state index contributed by atoms with van der Waals surface area (Å²) in [6.45, 7) is 1.66. The lowest BCUT2D eigenvalue weighted by Crippen LogP contribution is -2.10. The van der Waals surface area contributed by atoms with Crippen LogP contribution < -0.4 is 4.74 Å². The molecule has 0 bridgehead atoms. The van der Waals surface area contributed by atoms with Gasteiger partial charge in [-0.25, -0.2) is 0 Å². The van der Waals surface area contributed by atoms with Crippen LogP contribution >= 0.6 is 0 Å². The van der Waals surface area contributed by atoms with E-state index >= 15 is 0 Å². The van der Waals surface area contributed by atoms with Gasteiger partial charge in [-0.05, 0) is 68.2 Å². The third kappa shape index (κ3) is 3.33. The molecule has 1 aromatic rings. The molecular formula is C17H24O3. The number of ether oxygens (including phenoxy) is 2. The van der Waals surface area contributed by atoms with E-state index in [1.807, 2.05) is 12.1 Å². The van der Waals surface area contributed by atoms with Gasteiger partial charge >= 0.3 is 0 Å². The Kier molecular flexibility index (Phi) is 4.58. The first-order valence-corrected chi connectivity index (χ1v) is 7.88. The molecule has 1 aliphatic heterocycles. The van der Waals surface area contributed by atoms with Crippen molar-refractivity contribution < 1.29 is 14.6 Å². The lowest BCUT2D eigenvalue weighted by molar-refractivity contribution is 0.0981. The number of aryl methyl sites for hydroxylation is 1. The molecule has 110 valence electrons. The topological polar surface area (TPSA) is 38.7 Å². The Labute approximate surface area is 120 Å². The fraction of sp³-hybridized carbons (Fsp3) is 0.647. The number of hydrogen-bond donors (Lipinski definition) is 1. The smallest absolute Gasteiger partial charge is 0.119 e. The van der Waals surface area contributed by atoms with Gasteiger partial charge in [0.15, 0.2) is 0 Å². The number of rotatable bonds is 5. The average molecular weight is 276 g/mol. The standard InChI is InChI=1S/C17H24O3/c18-17-7-1-4-13-8-9-15(12-16(13)17)20-11-3-6-14-5-2-10-19-14/h8-9,12,14,17-18H,1-7,10-11H2/t14?,17-/m0/s1. The Bertz CT molecular complexity index is 438. The number of fused-ring (bicyclic) bond motifs is 1. The molecule has 1 aliphatic carbocycles. The molecule has 0 aromatic heterocycles. The molecule has 0 radical (unpaired) electrons. The predicted octanol–water partition coefficient (Wildman–Crippen LogP) is 3.39. The molecule has 1 heterocycles. The molecule has 1 unspecified atom stereocenters. The Morgan fingerprint density at radius 2 is 2.20 bits per heavy atom. The van der Waals surface area contributed by atoms with Gasteiger partial charge in [-0.3, -0.25) is 0 Å². The summed E-state index contributed by atoms with van der Waals surface area (Å²) >= 11 is 0. The fourth-order valence-electron chi connectivity index (χ4n) is 3.22. The first-order valence-electron chi connectivity index (χ1n) is 7.88. The summed E-state index contributed by atoms with van der Waals surface area (Å²) in [7, 11) is 0. The maximum Gasteiger partial charge on any atom is 0.119 e. The predicted molar refractivity (Wildman–Crippen MR) is 78.0 cm³/mol. The Hall–Kier alpha value is -1.06. The maximum absolute atomic E-state index is 10.0. The molecule has 0 spiro atoms. The zero-order valence-corrected chi connectivity index (χ0v) is 12.0. The molecule has 3 heteroatoms. The van der Waals surface area contributed by atoms with E-state index in [9.17, 15) is 5.11 Å². The third-order valence-electron chi connectivity index (χ3n) is 4.36. The Morgan fingerprint density at radius 1 is 1.25 bits per heavy atom. The number of aliphatic hydroxyl groups is 1. The minimum atomic E-state index is -0.311. The van der Waals surface area contributed by atoms with Gasteiger partial charge in [-0.1, -0.05) is 6.07 Å². The molecular weight excluding hydrogens is 252 g/mol. The monoisotopic (exact) mass is 276 g/mol. The number of aliphatic hydroxyl groups excluding tert-OH is 1. The van der Waals surface area contributed by atoms with E-state index < -0.39 is 0 Å². The minimum absolute atomic E-state index is 0.311. The summed E-state index contributed by atoms with van der Waals surface area (Å²) in [6.07, 6.45) is 7.69. The summed E-state index contributed by atoms with van der Waals surface area (Å²) in [5.74, 6) is 0.886. The van der Waals surface area contributed by atoms with Crippen LogP contribution in [-0.4, -0.2) is 24.4 Å². The van der Waals surface area contributed by atoms with Crippen LogP contribution in [0, 0.1) is 0 Å². The van der Waals surface area contributed by atoms with Crippen LogP contribution in [0.25, 0.3) is 0 Å². The maximum atomic E-state index is 10.0. The first kappa shape index (κ1) is 13.9. The van der Waals surface area contributed by atoms with Crippen molar-refractivity contribution >= 4 is 0 Å².